The maximum Gasteiger partial charge on any atom is 0.234 e. The molecule has 28 heavy (non-hydrogen) atoms. The van der Waals surface area contributed by atoms with E-state index in [4.69, 9.17) is 23.2 Å². The predicted molar refractivity (Wildman–Crippen MR) is 116 cm³/mol. The monoisotopic (exact) mass is 434 g/mol. The van der Waals surface area contributed by atoms with Crippen LogP contribution in [0.1, 0.15) is 19.4 Å². The van der Waals surface area contributed by atoms with E-state index in [1.807, 2.05) is 41.8 Å². The summed E-state index contributed by atoms with van der Waals surface area (Å²) in [5.74, 6) is 0.816. The molecule has 0 spiro atoms. The molecule has 146 valence electrons. The van der Waals surface area contributed by atoms with Crippen LogP contribution in [0.25, 0.3) is 11.4 Å². The van der Waals surface area contributed by atoms with Crippen molar-refractivity contribution in [3.05, 3.63) is 58.1 Å². The van der Waals surface area contributed by atoms with Crippen LogP contribution in [0.3, 0.4) is 0 Å². The van der Waals surface area contributed by atoms with Crippen molar-refractivity contribution in [2.24, 2.45) is 0 Å². The Labute approximate surface area is 178 Å². The lowest BCUT2D eigenvalue weighted by atomic mass is 10.1. The van der Waals surface area contributed by atoms with Gasteiger partial charge in [0.1, 0.15) is 0 Å². The lowest BCUT2D eigenvalue weighted by molar-refractivity contribution is -0.113. The van der Waals surface area contributed by atoms with Gasteiger partial charge in [-0.05, 0) is 43.2 Å². The van der Waals surface area contributed by atoms with E-state index in [0.29, 0.717) is 27.6 Å². The highest BCUT2D eigenvalue weighted by Gasteiger charge is 2.17. The molecule has 8 heteroatoms. The highest BCUT2D eigenvalue weighted by Crippen LogP contribution is 2.31. The molecule has 0 aliphatic heterocycles. The number of rotatable bonds is 7. The zero-order chi connectivity index (χ0) is 20.1. The topological polar surface area (TPSA) is 59.8 Å². The number of nitrogens with zero attached hydrogens (tertiary/aromatic N) is 3. The van der Waals surface area contributed by atoms with Crippen molar-refractivity contribution >= 4 is 46.6 Å². The van der Waals surface area contributed by atoms with Gasteiger partial charge in [-0.15, -0.1) is 10.2 Å². The molecule has 1 N–H and O–H groups in total. The molecule has 0 unspecified atom stereocenters. The lowest BCUT2D eigenvalue weighted by Gasteiger charge is -2.10. The SMILES string of the molecule is CCc1ccccc1NC(=O)CSc1nnc(-c2ccc(Cl)cc2Cl)n1CC. The van der Waals surface area contributed by atoms with Gasteiger partial charge in [0.2, 0.25) is 5.91 Å². The molecule has 3 aromatic rings. The molecule has 0 fully saturated rings. The molecule has 0 radical (unpaired) electrons. The van der Waals surface area contributed by atoms with Crippen LogP contribution in [0.5, 0.6) is 0 Å². The predicted octanol–water partition coefficient (Wildman–Crippen LogP) is 5.57. The van der Waals surface area contributed by atoms with Crippen molar-refractivity contribution in [3.63, 3.8) is 0 Å². The number of para-hydroxylation sites is 1. The van der Waals surface area contributed by atoms with Crippen molar-refractivity contribution in [1.29, 1.82) is 0 Å². The second-order valence-electron chi connectivity index (χ2n) is 6.02. The number of nitrogens with one attached hydrogen (secondary N) is 1. The smallest absolute Gasteiger partial charge is 0.234 e. The van der Waals surface area contributed by atoms with Crippen molar-refractivity contribution < 1.29 is 4.79 Å². The first-order valence-electron chi connectivity index (χ1n) is 8.92. The van der Waals surface area contributed by atoms with Gasteiger partial charge < -0.3 is 9.88 Å². The Kier molecular flexibility index (Phi) is 6.99. The second-order valence-corrected chi connectivity index (χ2v) is 7.81. The molecule has 0 aliphatic rings. The maximum atomic E-state index is 12.4. The fourth-order valence-corrected chi connectivity index (χ4v) is 4.11. The zero-order valence-corrected chi connectivity index (χ0v) is 17.9. The van der Waals surface area contributed by atoms with Gasteiger partial charge in [0.25, 0.3) is 0 Å². The first-order chi connectivity index (χ1) is 13.5. The van der Waals surface area contributed by atoms with Crippen LogP contribution in [0, 0.1) is 0 Å². The molecule has 0 saturated carbocycles. The molecule has 1 amide bonds. The van der Waals surface area contributed by atoms with Crippen molar-refractivity contribution in [3.8, 4) is 11.4 Å². The van der Waals surface area contributed by atoms with E-state index in [-0.39, 0.29) is 11.7 Å². The van der Waals surface area contributed by atoms with E-state index in [9.17, 15) is 4.79 Å². The molecular formula is C20H20Cl2N4OS. The summed E-state index contributed by atoms with van der Waals surface area (Å²) in [5, 5.41) is 13.2. The summed E-state index contributed by atoms with van der Waals surface area (Å²) in [6.07, 6.45) is 0.860. The minimum absolute atomic E-state index is 0.0809. The number of anilines is 1. The summed E-state index contributed by atoms with van der Waals surface area (Å²) in [5.41, 5.74) is 2.71. The van der Waals surface area contributed by atoms with Gasteiger partial charge in [0, 0.05) is 22.8 Å². The first-order valence-corrected chi connectivity index (χ1v) is 10.7. The number of hydrogen-bond donors (Lipinski definition) is 1. The molecule has 2 aromatic carbocycles. The first kappa shape index (κ1) is 20.7. The molecule has 1 heterocycles. The fraction of sp³-hybridized carbons (Fsp3) is 0.250. The number of aromatic nitrogens is 3. The Morgan fingerprint density at radius 1 is 1.14 bits per heavy atom. The highest BCUT2D eigenvalue weighted by molar-refractivity contribution is 7.99. The molecule has 0 aliphatic carbocycles. The summed E-state index contributed by atoms with van der Waals surface area (Å²) in [4.78, 5) is 12.4. The summed E-state index contributed by atoms with van der Waals surface area (Å²) in [7, 11) is 0. The van der Waals surface area contributed by atoms with Crippen LogP contribution in [0.15, 0.2) is 47.6 Å². The third-order valence-corrected chi connectivity index (χ3v) is 5.72. The largest absolute Gasteiger partial charge is 0.325 e. The number of benzene rings is 2. The lowest BCUT2D eigenvalue weighted by Crippen LogP contribution is -2.15. The van der Waals surface area contributed by atoms with Crippen molar-refractivity contribution in [2.45, 2.75) is 32.0 Å². The van der Waals surface area contributed by atoms with E-state index in [2.05, 4.69) is 22.4 Å². The molecule has 3 rings (SSSR count). The van der Waals surface area contributed by atoms with E-state index in [1.165, 1.54) is 11.8 Å². The van der Waals surface area contributed by atoms with Crippen LogP contribution in [0.2, 0.25) is 10.0 Å². The molecule has 5 nitrogen and oxygen atoms in total. The third-order valence-electron chi connectivity index (χ3n) is 4.21. The minimum Gasteiger partial charge on any atom is -0.325 e. The van der Waals surface area contributed by atoms with Crippen LogP contribution in [-0.4, -0.2) is 26.4 Å². The second kappa shape index (κ2) is 9.45. The number of hydrogen-bond acceptors (Lipinski definition) is 4. The highest BCUT2D eigenvalue weighted by atomic mass is 35.5. The molecule has 0 saturated heterocycles. The molecule has 0 bridgehead atoms. The Morgan fingerprint density at radius 3 is 2.64 bits per heavy atom. The summed E-state index contributed by atoms with van der Waals surface area (Å²) >= 11 is 13.6. The van der Waals surface area contributed by atoms with Gasteiger partial charge in [-0.2, -0.15) is 0 Å². The van der Waals surface area contributed by atoms with Crippen molar-refractivity contribution in [1.82, 2.24) is 14.8 Å². The number of aryl methyl sites for hydroxylation is 1. The molecular weight excluding hydrogens is 415 g/mol. The third kappa shape index (κ3) is 4.69. The Bertz CT molecular complexity index is 990. The molecule has 1 aromatic heterocycles. The Balaban J connectivity index is 1.73. The quantitative estimate of drug-likeness (QED) is 0.494. The van der Waals surface area contributed by atoms with Crippen LogP contribution < -0.4 is 5.32 Å². The number of carbonyl (C=O) groups excluding carboxylic acids is 1. The van der Waals surface area contributed by atoms with E-state index < -0.39 is 0 Å². The van der Waals surface area contributed by atoms with E-state index >= 15 is 0 Å². The zero-order valence-electron chi connectivity index (χ0n) is 15.6. The fourth-order valence-electron chi connectivity index (χ4n) is 2.82. The van der Waals surface area contributed by atoms with Crippen LogP contribution >= 0.6 is 35.0 Å². The summed E-state index contributed by atoms with van der Waals surface area (Å²) < 4.78 is 1.94. The normalized spacial score (nSPS) is 10.9. The van der Waals surface area contributed by atoms with Gasteiger partial charge in [-0.1, -0.05) is 60.1 Å². The Hall–Kier alpha value is -2.02. The van der Waals surface area contributed by atoms with Gasteiger partial charge in [-0.25, -0.2) is 0 Å². The summed E-state index contributed by atoms with van der Waals surface area (Å²) in [6.45, 7) is 4.72. The number of halogens is 2. The van der Waals surface area contributed by atoms with E-state index in [0.717, 1.165) is 23.2 Å². The number of carbonyl (C=O) groups is 1. The van der Waals surface area contributed by atoms with Gasteiger partial charge in [0.05, 0.1) is 10.8 Å². The van der Waals surface area contributed by atoms with Gasteiger partial charge >= 0.3 is 0 Å². The van der Waals surface area contributed by atoms with Gasteiger partial charge in [0.15, 0.2) is 11.0 Å². The van der Waals surface area contributed by atoms with Crippen molar-refractivity contribution in [2.75, 3.05) is 11.1 Å². The standard InChI is InChI=1S/C20H20Cl2N4OS/c1-3-13-7-5-6-8-17(13)23-18(27)12-28-20-25-24-19(26(20)4-2)15-10-9-14(21)11-16(15)22/h5-11H,3-4,12H2,1-2H3,(H,23,27). The molecule has 0 atom stereocenters. The number of thioether (sulfide) groups is 1. The Morgan fingerprint density at radius 2 is 1.93 bits per heavy atom. The maximum absolute atomic E-state index is 12.4. The average Bonchev–Trinajstić information content (AvgIpc) is 3.09. The average molecular weight is 435 g/mol. The van der Waals surface area contributed by atoms with E-state index in [1.54, 1.807) is 12.1 Å². The minimum atomic E-state index is -0.0809. The van der Waals surface area contributed by atoms with Gasteiger partial charge in [-0.3, -0.25) is 4.79 Å². The number of amides is 1. The van der Waals surface area contributed by atoms with Crippen LogP contribution in [0.4, 0.5) is 5.69 Å². The van der Waals surface area contributed by atoms with Crippen LogP contribution in [-0.2, 0) is 17.8 Å². The summed E-state index contributed by atoms with van der Waals surface area (Å²) in [6, 6.07) is 13.1.